The van der Waals surface area contributed by atoms with E-state index in [1.54, 1.807) is 51.8 Å². The Kier molecular flexibility index (Phi) is 5.78. The van der Waals surface area contributed by atoms with E-state index in [2.05, 4.69) is 15.3 Å². The first-order valence-electron chi connectivity index (χ1n) is 7.80. The van der Waals surface area contributed by atoms with Gasteiger partial charge in [-0.1, -0.05) is 23.7 Å². The van der Waals surface area contributed by atoms with E-state index in [0.29, 0.717) is 28.1 Å². The van der Waals surface area contributed by atoms with Crippen LogP contribution in [0, 0.1) is 0 Å². The Morgan fingerprint density at radius 2 is 1.74 bits per heavy atom. The summed E-state index contributed by atoms with van der Waals surface area (Å²) in [6.45, 7) is 0. The third kappa shape index (κ3) is 3.96. The molecule has 0 unspecified atom stereocenters. The zero-order chi connectivity index (χ0) is 19.4. The first-order chi connectivity index (χ1) is 13.1. The van der Waals surface area contributed by atoms with Gasteiger partial charge in [0.2, 0.25) is 5.75 Å². The summed E-state index contributed by atoms with van der Waals surface area (Å²) in [6.07, 6.45) is 1.61. The predicted molar refractivity (Wildman–Crippen MR) is 105 cm³/mol. The van der Waals surface area contributed by atoms with E-state index in [-0.39, 0.29) is 5.16 Å². The van der Waals surface area contributed by atoms with E-state index in [1.165, 1.54) is 4.68 Å². The largest absolute Gasteiger partial charge is 0.738 e. The van der Waals surface area contributed by atoms with E-state index in [4.69, 9.17) is 38.4 Å². The van der Waals surface area contributed by atoms with Crippen molar-refractivity contribution in [2.75, 3.05) is 21.3 Å². The lowest BCUT2D eigenvalue weighted by Crippen LogP contribution is -1.99. The first kappa shape index (κ1) is 18.9. The highest BCUT2D eigenvalue weighted by Crippen LogP contribution is 2.37. The minimum absolute atomic E-state index is 0.230. The van der Waals surface area contributed by atoms with Gasteiger partial charge < -0.3 is 26.8 Å². The molecule has 0 atom stereocenters. The molecule has 3 rings (SSSR count). The van der Waals surface area contributed by atoms with E-state index in [0.717, 1.165) is 11.1 Å². The average Bonchev–Trinajstić information content (AvgIpc) is 3.05. The molecular weight excluding hydrogens is 388 g/mol. The lowest BCUT2D eigenvalue weighted by atomic mass is 10.2. The summed E-state index contributed by atoms with van der Waals surface area (Å²) in [5, 5.41) is 13.3. The van der Waals surface area contributed by atoms with Gasteiger partial charge in [-0.15, -0.1) is 5.10 Å². The molecule has 0 spiro atoms. The molecule has 7 nitrogen and oxygen atoms in total. The predicted octanol–water partition coefficient (Wildman–Crippen LogP) is 3.41. The number of nitrogens with zero attached hydrogens (tertiary/aromatic N) is 4. The Morgan fingerprint density at radius 1 is 1.04 bits per heavy atom. The second kappa shape index (κ2) is 8.24. The molecule has 0 radical (unpaired) electrons. The third-order valence-corrected chi connectivity index (χ3v) is 4.19. The smallest absolute Gasteiger partial charge is 0.203 e. The Labute approximate surface area is 166 Å². The van der Waals surface area contributed by atoms with Crippen LogP contribution in [0.5, 0.6) is 17.2 Å². The molecular formula is C18H16ClN4O3S-. The van der Waals surface area contributed by atoms with Crippen LogP contribution in [0.15, 0.2) is 46.7 Å². The van der Waals surface area contributed by atoms with Crippen molar-refractivity contribution in [2.45, 2.75) is 5.16 Å². The summed E-state index contributed by atoms with van der Waals surface area (Å²) >= 11 is 11.3. The van der Waals surface area contributed by atoms with Crippen LogP contribution in [-0.4, -0.2) is 42.4 Å². The fourth-order valence-electron chi connectivity index (χ4n) is 2.48. The van der Waals surface area contributed by atoms with Gasteiger partial charge in [0.15, 0.2) is 17.3 Å². The maximum absolute atomic E-state index is 6.06. The third-order valence-electron chi connectivity index (χ3n) is 3.70. The Morgan fingerprint density at radius 3 is 2.33 bits per heavy atom. The van der Waals surface area contributed by atoms with Gasteiger partial charge in [-0.3, -0.25) is 0 Å². The van der Waals surface area contributed by atoms with Crippen molar-refractivity contribution in [1.82, 2.24) is 14.9 Å². The summed E-state index contributed by atoms with van der Waals surface area (Å²) in [4.78, 5) is 0. The number of benzene rings is 2. The minimum Gasteiger partial charge on any atom is -0.738 e. The van der Waals surface area contributed by atoms with Crippen molar-refractivity contribution in [3.8, 4) is 28.6 Å². The summed E-state index contributed by atoms with van der Waals surface area (Å²) in [6, 6.07) is 10.8. The van der Waals surface area contributed by atoms with Crippen molar-refractivity contribution in [2.24, 2.45) is 5.10 Å². The normalized spacial score (nSPS) is 11.0. The highest BCUT2D eigenvalue weighted by atomic mass is 35.5. The Bertz CT molecular complexity index is 965. The van der Waals surface area contributed by atoms with Gasteiger partial charge in [0.05, 0.1) is 27.5 Å². The fraction of sp³-hybridized carbons (Fsp3) is 0.167. The van der Waals surface area contributed by atoms with Crippen LogP contribution >= 0.6 is 11.6 Å². The molecule has 0 aliphatic rings. The lowest BCUT2D eigenvalue weighted by molar-refractivity contribution is 0.324. The highest BCUT2D eigenvalue weighted by molar-refractivity contribution is 7.58. The number of halogens is 1. The molecule has 0 N–H and O–H groups in total. The molecule has 0 saturated heterocycles. The zero-order valence-electron chi connectivity index (χ0n) is 14.8. The van der Waals surface area contributed by atoms with Crippen molar-refractivity contribution in [1.29, 1.82) is 0 Å². The molecule has 1 heterocycles. The lowest BCUT2D eigenvalue weighted by Gasteiger charge is -2.13. The summed E-state index contributed by atoms with van der Waals surface area (Å²) in [5.74, 6) is 2.04. The maximum Gasteiger partial charge on any atom is 0.203 e. The maximum atomic E-state index is 6.06. The van der Waals surface area contributed by atoms with Crippen LogP contribution in [0.25, 0.3) is 11.4 Å². The van der Waals surface area contributed by atoms with Gasteiger partial charge >= 0.3 is 0 Å². The van der Waals surface area contributed by atoms with Crippen molar-refractivity contribution < 1.29 is 14.2 Å². The van der Waals surface area contributed by atoms with E-state index in [1.807, 2.05) is 12.1 Å². The van der Waals surface area contributed by atoms with E-state index in [9.17, 15) is 0 Å². The summed E-state index contributed by atoms with van der Waals surface area (Å²) in [5.41, 5.74) is 1.48. The Hall–Kier alpha value is -2.84. The summed E-state index contributed by atoms with van der Waals surface area (Å²) < 4.78 is 17.5. The number of rotatable bonds is 6. The van der Waals surface area contributed by atoms with Crippen molar-refractivity contribution in [3.05, 3.63) is 47.0 Å². The SMILES string of the molecule is COc1cc(C=Nn2c([S-])nnc2-c2cccc(Cl)c2)cc(OC)c1OC. The average molecular weight is 404 g/mol. The second-order valence-corrected chi connectivity index (χ2v) is 6.13. The molecule has 0 bridgehead atoms. The van der Waals surface area contributed by atoms with Crippen LogP contribution in [0.1, 0.15) is 5.56 Å². The van der Waals surface area contributed by atoms with Crippen LogP contribution in [0.3, 0.4) is 0 Å². The van der Waals surface area contributed by atoms with Crippen LogP contribution in [0.4, 0.5) is 0 Å². The first-order valence-corrected chi connectivity index (χ1v) is 8.58. The van der Waals surface area contributed by atoms with Gasteiger partial charge in [-0.2, -0.15) is 10.2 Å². The quantitative estimate of drug-likeness (QED) is 0.464. The molecule has 0 saturated carbocycles. The van der Waals surface area contributed by atoms with E-state index >= 15 is 0 Å². The Balaban J connectivity index is 2.01. The topological polar surface area (TPSA) is 70.8 Å². The standard InChI is InChI=1S/C18H17ClN4O3S/c1-24-14-7-11(8-15(25-2)16(14)26-3)10-20-23-17(21-22-18(23)27)12-5-4-6-13(19)9-12/h4-10H,1-3H3,(H,22,27)/p-1. The van der Waals surface area contributed by atoms with Crippen LogP contribution in [-0.2, 0) is 12.6 Å². The molecule has 2 aromatic carbocycles. The highest BCUT2D eigenvalue weighted by Gasteiger charge is 2.13. The van der Waals surface area contributed by atoms with Crippen LogP contribution < -0.4 is 14.2 Å². The van der Waals surface area contributed by atoms with Crippen LogP contribution in [0.2, 0.25) is 5.02 Å². The van der Waals surface area contributed by atoms with Crippen molar-refractivity contribution >= 4 is 30.4 Å². The minimum atomic E-state index is 0.230. The molecule has 0 fully saturated rings. The number of aromatic nitrogens is 3. The van der Waals surface area contributed by atoms with Gasteiger partial charge in [0, 0.05) is 21.3 Å². The van der Waals surface area contributed by atoms with Gasteiger partial charge in [-0.05, 0) is 24.3 Å². The number of ether oxygens (including phenoxy) is 3. The molecule has 0 amide bonds. The molecule has 140 valence electrons. The number of hydrogen-bond donors (Lipinski definition) is 0. The zero-order valence-corrected chi connectivity index (χ0v) is 16.4. The van der Waals surface area contributed by atoms with Crippen molar-refractivity contribution in [3.63, 3.8) is 0 Å². The summed E-state index contributed by atoms with van der Waals surface area (Å²) in [7, 11) is 4.65. The molecule has 1 aromatic heterocycles. The fourth-order valence-corrected chi connectivity index (χ4v) is 2.84. The molecule has 0 aliphatic heterocycles. The monoisotopic (exact) mass is 403 g/mol. The van der Waals surface area contributed by atoms with E-state index < -0.39 is 0 Å². The molecule has 0 aliphatic carbocycles. The number of methoxy groups -OCH3 is 3. The molecule has 9 heteroatoms. The van der Waals surface area contributed by atoms with Gasteiger partial charge in [0.25, 0.3) is 0 Å². The molecule has 3 aromatic rings. The van der Waals surface area contributed by atoms with Gasteiger partial charge in [0.1, 0.15) is 0 Å². The molecule has 27 heavy (non-hydrogen) atoms. The number of hydrogen-bond acceptors (Lipinski definition) is 7. The van der Waals surface area contributed by atoms with Gasteiger partial charge in [-0.25, -0.2) is 4.68 Å². The second-order valence-electron chi connectivity index (χ2n) is 5.33.